The summed E-state index contributed by atoms with van der Waals surface area (Å²) in [6, 6.07) is 3.80. The Kier molecular flexibility index (Phi) is 4.39. The molecule has 1 aromatic heterocycles. The van der Waals surface area contributed by atoms with Crippen LogP contribution < -0.4 is 0 Å². The molecule has 1 fully saturated rings. The van der Waals surface area contributed by atoms with Crippen molar-refractivity contribution in [1.29, 1.82) is 0 Å². The molecule has 5 heteroatoms. The smallest absolute Gasteiger partial charge is 0.232 e. The first-order valence-electron chi connectivity index (χ1n) is 5.71. The van der Waals surface area contributed by atoms with E-state index in [1.165, 1.54) is 11.8 Å². The van der Waals surface area contributed by atoms with Crippen molar-refractivity contribution in [2.45, 2.75) is 11.3 Å². The van der Waals surface area contributed by atoms with Crippen molar-refractivity contribution in [3.63, 3.8) is 0 Å². The molecular formula is C12H16N2O2S. The number of hydrogen-bond acceptors (Lipinski definition) is 4. The lowest BCUT2D eigenvalue weighted by Gasteiger charge is -2.15. The molecular weight excluding hydrogens is 236 g/mol. The summed E-state index contributed by atoms with van der Waals surface area (Å²) in [5.41, 5.74) is 0. The molecule has 1 aliphatic heterocycles. The van der Waals surface area contributed by atoms with Gasteiger partial charge in [0.05, 0.1) is 5.75 Å². The Morgan fingerprint density at radius 1 is 1.53 bits per heavy atom. The fourth-order valence-electron chi connectivity index (χ4n) is 1.88. The minimum absolute atomic E-state index is 0.155. The van der Waals surface area contributed by atoms with Gasteiger partial charge in [-0.05, 0) is 18.6 Å². The molecule has 0 radical (unpaired) electrons. The van der Waals surface area contributed by atoms with E-state index < -0.39 is 0 Å². The number of amides is 1. The van der Waals surface area contributed by atoms with Gasteiger partial charge in [0.1, 0.15) is 0 Å². The number of rotatable bonds is 4. The summed E-state index contributed by atoms with van der Waals surface area (Å²) >= 11 is 1.53. The maximum atomic E-state index is 11.9. The van der Waals surface area contributed by atoms with Crippen LogP contribution in [0.4, 0.5) is 0 Å². The fourth-order valence-corrected chi connectivity index (χ4v) is 2.67. The van der Waals surface area contributed by atoms with Crippen LogP contribution in [0.25, 0.3) is 0 Å². The predicted molar refractivity (Wildman–Crippen MR) is 66.7 cm³/mol. The molecule has 0 spiro atoms. The van der Waals surface area contributed by atoms with Crippen molar-refractivity contribution >= 4 is 17.7 Å². The van der Waals surface area contributed by atoms with E-state index >= 15 is 0 Å². The third-order valence-electron chi connectivity index (χ3n) is 2.91. The standard InChI is InChI=1S/C12H16N2O2S/c15-8-10-3-6-14(7-10)12(16)9-17-11-1-4-13-5-2-11/h1-2,4-5,10,15H,3,6-9H2/t10-/m0/s1. The Labute approximate surface area is 105 Å². The first-order valence-corrected chi connectivity index (χ1v) is 6.69. The average molecular weight is 252 g/mol. The fraction of sp³-hybridized carbons (Fsp3) is 0.500. The Bertz CT molecular complexity index is 372. The van der Waals surface area contributed by atoms with Gasteiger partial charge in [-0.3, -0.25) is 9.78 Å². The number of nitrogens with zero attached hydrogens (tertiary/aromatic N) is 2. The number of aliphatic hydroxyl groups is 1. The highest BCUT2D eigenvalue weighted by Gasteiger charge is 2.25. The van der Waals surface area contributed by atoms with Crippen molar-refractivity contribution in [1.82, 2.24) is 9.88 Å². The van der Waals surface area contributed by atoms with Gasteiger partial charge < -0.3 is 10.0 Å². The Hall–Kier alpha value is -1.07. The minimum atomic E-state index is 0.155. The second-order valence-electron chi connectivity index (χ2n) is 4.15. The summed E-state index contributed by atoms with van der Waals surface area (Å²) in [4.78, 5) is 18.7. The van der Waals surface area contributed by atoms with Crippen LogP contribution in [0.2, 0.25) is 0 Å². The lowest BCUT2D eigenvalue weighted by Crippen LogP contribution is -2.30. The molecule has 0 aliphatic carbocycles. The molecule has 2 heterocycles. The van der Waals surface area contributed by atoms with Crippen molar-refractivity contribution < 1.29 is 9.90 Å². The van der Waals surface area contributed by atoms with Gasteiger partial charge in [0.2, 0.25) is 5.91 Å². The van der Waals surface area contributed by atoms with Gasteiger partial charge >= 0.3 is 0 Å². The van der Waals surface area contributed by atoms with E-state index in [1.807, 2.05) is 17.0 Å². The molecule has 1 saturated heterocycles. The van der Waals surface area contributed by atoms with Gasteiger partial charge in [-0.2, -0.15) is 0 Å². The molecule has 0 bridgehead atoms. The zero-order chi connectivity index (χ0) is 12.1. The molecule has 1 amide bonds. The van der Waals surface area contributed by atoms with Crippen molar-refractivity contribution in [2.75, 3.05) is 25.4 Å². The Balaban J connectivity index is 1.78. The van der Waals surface area contributed by atoms with E-state index in [9.17, 15) is 4.79 Å². The molecule has 17 heavy (non-hydrogen) atoms. The Morgan fingerprint density at radius 3 is 2.94 bits per heavy atom. The molecule has 2 rings (SSSR count). The number of aliphatic hydroxyl groups excluding tert-OH is 1. The molecule has 1 atom stereocenters. The second-order valence-corrected chi connectivity index (χ2v) is 5.20. The van der Waals surface area contributed by atoms with E-state index in [-0.39, 0.29) is 18.4 Å². The summed E-state index contributed by atoms with van der Waals surface area (Å²) in [7, 11) is 0. The summed E-state index contributed by atoms with van der Waals surface area (Å²) in [6.45, 7) is 1.66. The average Bonchev–Trinajstić information content (AvgIpc) is 2.86. The van der Waals surface area contributed by atoms with Crippen LogP contribution in [0.3, 0.4) is 0 Å². The topological polar surface area (TPSA) is 53.4 Å². The maximum Gasteiger partial charge on any atom is 0.232 e. The zero-order valence-corrected chi connectivity index (χ0v) is 10.4. The highest BCUT2D eigenvalue weighted by Crippen LogP contribution is 2.20. The molecule has 0 saturated carbocycles. The van der Waals surface area contributed by atoms with Crippen LogP contribution >= 0.6 is 11.8 Å². The molecule has 92 valence electrons. The van der Waals surface area contributed by atoms with Gasteiger partial charge in [0.25, 0.3) is 0 Å². The molecule has 4 nitrogen and oxygen atoms in total. The van der Waals surface area contributed by atoms with Gasteiger partial charge in [-0.25, -0.2) is 0 Å². The van der Waals surface area contributed by atoms with E-state index in [0.717, 1.165) is 17.9 Å². The van der Waals surface area contributed by atoms with Gasteiger partial charge in [0.15, 0.2) is 0 Å². The molecule has 0 unspecified atom stereocenters. The molecule has 1 aliphatic rings. The first-order chi connectivity index (χ1) is 8.29. The lowest BCUT2D eigenvalue weighted by molar-refractivity contribution is -0.127. The van der Waals surface area contributed by atoms with Crippen LogP contribution in [0.15, 0.2) is 29.4 Å². The number of likely N-dealkylation sites (tertiary alicyclic amines) is 1. The summed E-state index contributed by atoms with van der Waals surface area (Å²) in [5, 5.41) is 9.02. The van der Waals surface area contributed by atoms with Crippen LogP contribution in [-0.2, 0) is 4.79 Å². The van der Waals surface area contributed by atoms with Crippen LogP contribution in [-0.4, -0.2) is 46.3 Å². The van der Waals surface area contributed by atoms with E-state index in [1.54, 1.807) is 12.4 Å². The zero-order valence-electron chi connectivity index (χ0n) is 9.58. The van der Waals surface area contributed by atoms with Crippen molar-refractivity contribution in [2.24, 2.45) is 5.92 Å². The van der Waals surface area contributed by atoms with Gasteiger partial charge in [-0.1, -0.05) is 0 Å². The molecule has 0 aromatic carbocycles. The number of thioether (sulfide) groups is 1. The largest absolute Gasteiger partial charge is 0.396 e. The first kappa shape index (κ1) is 12.4. The highest BCUT2D eigenvalue weighted by atomic mass is 32.2. The lowest BCUT2D eigenvalue weighted by atomic mass is 10.1. The SMILES string of the molecule is O=C(CSc1ccncc1)N1CC[C@H](CO)C1. The molecule has 1 aromatic rings. The Morgan fingerprint density at radius 2 is 2.29 bits per heavy atom. The predicted octanol–water partition coefficient (Wildman–Crippen LogP) is 1.01. The van der Waals surface area contributed by atoms with E-state index in [4.69, 9.17) is 5.11 Å². The van der Waals surface area contributed by atoms with Crippen LogP contribution in [0, 0.1) is 5.92 Å². The van der Waals surface area contributed by atoms with Gasteiger partial charge in [-0.15, -0.1) is 11.8 Å². The van der Waals surface area contributed by atoms with Crippen LogP contribution in [0.5, 0.6) is 0 Å². The van der Waals surface area contributed by atoms with E-state index in [2.05, 4.69) is 4.98 Å². The van der Waals surface area contributed by atoms with E-state index in [0.29, 0.717) is 12.3 Å². The minimum Gasteiger partial charge on any atom is -0.396 e. The molecule has 1 N–H and O–H groups in total. The number of carbonyl (C=O) groups is 1. The number of aromatic nitrogens is 1. The highest BCUT2D eigenvalue weighted by molar-refractivity contribution is 8.00. The monoisotopic (exact) mass is 252 g/mol. The van der Waals surface area contributed by atoms with Crippen molar-refractivity contribution in [3.8, 4) is 0 Å². The van der Waals surface area contributed by atoms with Crippen molar-refractivity contribution in [3.05, 3.63) is 24.5 Å². The number of carbonyl (C=O) groups excluding carboxylic acids is 1. The maximum absolute atomic E-state index is 11.9. The summed E-state index contributed by atoms with van der Waals surface area (Å²) < 4.78 is 0. The van der Waals surface area contributed by atoms with Crippen LogP contribution in [0.1, 0.15) is 6.42 Å². The normalized spacial score (nSPS) is 19.6. The summed E-state index contributed by atoms with van der Waals surface area (Å²) in [5.74, 6) is 0.884. The third kappa shape index (κ3) is 3.44. The third-order valence-corrected chi connectivity index (χ3v) is 3.91. The quantitative estimate of drug-likeness (QED) is 0.813. The summed E-state index contributed by atoms with van der Waals surface area (Å²) in [6.07, 6.45) is 4.37. The van der Waals surface area contributed by atoms with Gasteiger partial charge in [0, 0.05) is 42.9 Å². The number of hydrogen-bond donors (Lipinski definition) is 1. The second kappa shape index (κ2) is 6.02. The number of pyridine rings is 1.